The Bertz CT molecular complexity index is 131. The molecule has 0 fully saturated rings. The molecule has 1 aliphatic rings. The number of rotatable bonds is 2. The molecule has 0 atom stereocenters. The van der Waals surface area contributed by atoms with Crippen LogP contribution < -0.4 is 10.7 Å². The molecule has 1 rings (SSSR count). The van der Waals surface area contributed by atoms with Gasteiger partial charge in [-0.15, -0.1) is 24.8 Å². The molecule has 0 unspecified atom stereocenters. The summed E-state index contributed by atoms with van der Waals surface area (Å²) in [6, 6.07) is 0. The topological polar surface area (TPSA) is 44.4 Å². The van der Waals surface area contributed by atoms with Gasteiger partial charge in [0.25, 0.3) is 0 Å². The van der Waals surface area contributed by atoms with E-state index < -0.39 is 0 Å². The van der Waals surface area contributed by atoms with Crippen molar-refractivity contribution in [1.29, 1.82) is 0 Å². The fraction of sp³-hybridized carbons (Fsp3) is 0.400. The van der Waals surface area contributed by atoms with Gasteiger partial charge >= 0.3 is 0 Å². The van der Waals surface area contributed by atoms with Gasteiger partial charge in [-0.3, -0.25) is 10.2 Å². The van der Waals surface area contributed by atoms with Crippen LogP contribution in [-0.4, -0.2) is 24.6 Å². The fourth-order valence-electron chi connectivity index (χ4n) is 0.664. The zero-order valence-electron chi connectivity index (χ0n) is 5.82. The SMILES string of the molecule is Cl.Cl.O=CNN1CC=CNC1. The summed E-state index contributed by atoms with van der Waals surface area (Å²) in [5.74, 6) is 0. The number of nitrogens with zero attached hydrogens (tertiary/aromatic N) is 1. The van der Waals surface area contributed by atoms with Crippen molar-refractivity contribution in [3.63, 3.8) is 0 Å². The number of carbonyl (C=O) groups is 1. The second kappa shape index (κ2) is 7.65. The van der Waals surface area contributed by atoms with Crippen molar-refractivity contribution < 1.29 is 4.79 Å². The normalized spacial score (nSPS) is 15.3. The zero-order valence-corrected chi connectivity index (χ0v) is 7.45. The van der Waals surface area contributed by atoms with Crippen LogP contribution in [-0.2, 0) is 4.79 Å². The maximum Gasteiger partial charge on any atom is 0.221 e. The van der Waals surface area contributed by atoms with E-state index in [-0.39, 0.29) is 24.8 Å². The number of halogens is 2. The molecule has 0 aromatic heterocycles. The minimum Gasteiger partial charge on any atom is -0.377 e. The van der Waals surface area contributed by atoms with Crippen LogP contribution in [0.4, 0.5) is 0 Å². The number of hydrogen-bond acceptors (Lipinski definition) is 3. The maximum absolute atomic E-state index is 9.87. The van der Waals surface area contributed by atoms with Crippen molar-refractivity contribution >= 4 is 31.2 Å². The molecule has 0 radical (unpaired) electrons. The van der Waals surface area contributed by atoms with Crippen LogP contribution in [0.3, 0.4) is 0 Å². The lowest BCUT2D eigenvalue weighted by Gasteiger charge is -2.21. The van der Waals surface area contributed by atoms with Crippen molar-refractivity contribution in [3.05, 3.63) is 12.3 Å². The molecule has 0 aromatic carbocycles. The molecule has 66 valence electrons. The summed E-state index contributed by atoms with van der Waals surface area (Å²) in [6.07, 6.45) is 4.46. The minimum absolute atomic E-state index is 0. The van der Waals surface area contributed by atoms with Crippen LogP contribution in [0.2, 0.25) is 0 Å². The van der Waals surface area contributed by atoms with Crippen LogP contribution in [0, 0.1) is 0 Å². The van der Waals surface area contributed by atoms with E-state index in [2.05, 4.69) is 10.7 Å². The summed E-state index contributed by atoms with van der Waals surface area (Å²) in [7, 11) is 0. The van der Waals surface area contributed by atoms with E-state index in [0.29, 0.717) is 13.1 Å². The van der Waals surface area contributed by atoms with Gasteiger partial charge in [-0.1, -0.05) is 6.08 Å². The van der Waals surface area contributed by atoms with Gasteiger partial charge in [0.15, 0.2) is 0 Å². The van der Waals surface area contributed by atoms with Gasteiger partial charge in [-0.05, 0) is 6.20 Å². The van der Waals surface area contributed by atoms with Crippen LogP contribution >= 0.6 is 24.8 Å². The largest absolute Gasteiger partial charge is 0.377 e. The highest BCUT2D eigenvalue weighted by Gasteiger charge is 2.00. The third-order valence-electron chi connectivity index (χ3n) is 1.08. The molecular weight excluding hydrogens is 189 g/mol. The molecule has 2 N–H and O–H groups in total. The van der Waals surface area contributed by atoms with Crippen molar-refractivity contribution in [2.24, 2.45) is 0 Å². The van der Waals surface area contributed by atoms with Gasteiger partial charge in [0, 0.05) is 6.54 Å². The number of carbonyl (C=O) groups excluding carboxylic acids is 1. The van der Waals surface area contributed by atoms with E-state index in [1.165, 1.54) is 0 Å². The van der Waals surface area contributed by atoms with Gasteiger partial charge in [0.2, 0.25) is 6.41 Å². The third kappa shape index (κ3) is 4.89. The first-order valence-corrected chi connectivity index (χ1v) is 2.76. The molecule has 0 saturated carbocycles. The van der Waals surface area contributed by atoms with Gasteiger partial charge < -0.3 is 5.32 Å². The van der Waals surface area contributed by atoms with Crippen molar-refractivity contribution in [2.75, 3.05) is 13.2 Å². The highest BCUT2D eigenvalue weighted by atomic mass is 35.5. The Kier molecular flexibility index (Phi) is 9.16. The van der Waals surface area contributed by atoms with Crippen LogP contribution in [0.15, 0.2) is 12.3 Å². The molecule has 1 amide bonds. The predicted octanol–water partition coefficient (Wildman–Crippen LogP) is -0.133. The Labute approximate surface area is 77.8 Å². The first-order chi connectivity index (χ1) is 4.43. The summed E-state index contributed by atoms with van der Waals surface area (Å²) < 4.78 is 0. The van der Waals surface area contributed by atoms with E-state index >= 15 is 0 Å². The molecule has 0 bridgehead atoms. The van der Waals surface area contributed by atoms with Gasteiger partial charge in [0.1, 0.15) is 0 Å². The Hall–Kier alpha value is -0.450. The molecule has 1 aliphatic heterocycles. The van der Waals surface area contributed by atoms with Crippen LogP contribution in [0.1, 0.15) is 0 Å². The highest BCUT2D eigenvalue weighted by Crippen LogP contribution is 1.84. The summed E-state index contributed by atoms with van der Waals surface area (Å²) in [4.78, 5) is 9.87. The summed E-state index contributed by atoms with van der Waals surface area (Å²) in [5.41, 5.74) is 2.52. The average Bonchev–Trinajstić information content (AvgIpc) is 1.91. The lowest BCUT2D eigenvalue weighted by atomic mass is 10.5. The molecule has 1 heterocycles. The predicted molar refractivity (Wildman–Crippen MR) is 47.5 cm³/mol. The molecule has 6 heteroatoms. The lowest BCUT2D eigenvalue weighted by molar-refractivity contribution is -0.113. The molecule has 11 heavy (non-hydrogen) atoms. The Balaban J connectivity index is 0. The van der Waals surface area contributed by atoms with E-state index in [1.54, 1.807) is 5.01 Å². The highest BCUT2D eigenvalue weighted by molar-refractivity contribution is 5.85. The monoisotopic (exact) mass is 199 g/mol. The van der Waals surface area contributed by atoms with E-state index in [9.17, 15) is 4.79 Å². The third-order valence-corrected chi connectivity index (χ3v) is 1.08. The Morgan fingerprint density at radius 3 is 2.73 bits per heavy atom. The minimum atomic E-state index is 0. The summed E-state index contributed by atoms with van der Waals surface area (Å²) >= 11 is 0. The average molecular weight is 200 g/mol. The lowest BCUT2D eigenvalue weighted by Crippen LogP contribution is -2.44. The van der Waals surface area contributed by atoms with Crippen molar-refractivity contribution in [3.8, 4) is 0 Å². The Morgan fingerprint density at radius 2 is 2.27 bits per heavy atom. The molecular formula is C5H11Cl2N3O. The first-order valence-electron chi connectivity index (χ1n) is 2.76. The first kappa shape index (κ1) is 13.2. The van der Waals surface area contributed by atoms with Crippen LogP contribution in [0.5, 0.6) is 0 Å². The van der Waals surface area contributed by atoms with Gasteiger partial charge in [-0.25, -0.2) is 0 Å². The van der Waals surface area contributed by atoms with Crippen molar-refractivity contribution in [1.82, 2.24) is 15.8 Å². The molecule has 0 spiro atoms. The van der Waals surface area contributed by atoms with Crippen molar-refractivity contribution in [2.45, 2.75) is 0 Å². The second-order valence-corrected chi connectivity index (χ2v) is 1.73. The summed E-state index contributed by atoms with van der Waals surface area (Å²) in [6.45, 7) is 1.45. The number of hydrogen-bond donors (Lipinski definition) is 2. The van der Waals surface area contributed by atoms with E-state index in [0.717, 1.165) is 6.54 Å². The molecule has 4 nitrogen and oxygen atoms in total. The number of amides is 1. The number of nitrogens with one attached hydrogen (secondary N) is 2. The van der Waals surface area contributed by atoms with Gasteiger partial charge in [0.05, 0.1) is 6.67 Å². The smallest absolute Gasteiger partial charge is 0.221 e. The Morgan fingerprint density at radius 1 is 1.55 bits per heavy atom. The van der Waals surface area contributed by atoms with E-state index in [4.69, 9.17) is 0 Å². The number of hydrazine groups is 1. The molecule has 0 aliphatic carbocycles. The second-order valence-electron chi connectivity index (χ2n) is 1.73. The van der Waals surface area contributed by atoms with E-state index in [1.807, 2.05) is 12.3 Å². The maximum atomic E-state index is 9.87. The fourth-order valence-corrected chi connectivity index (χ4v) is 0.664. The van der Waals surface area contributed by atoms with Crippen LogP contribution in [0.25, 0.3) is 0 Å². The quantitative estimate of drug-likeness (QED) is 0.610. The molecule has 0 saturated heterocycles. The standard InChI is InChI=1S/C5H9N3O.2ClH/c9-5-7-8-3-1-2-6-4-8;;/h1-2,5-6H,3-4H2,(H,7,9);2*1H. The summed E-state index contributed by atoms with van der Waals surface area (Å²) in [5, 5.41) is 4.70. The molecule has 0 aromatic rings. The van der Waals surface area contributed by atoms with Gasteiger partial charge in [-0.2, -0.15) is 5.01 Å². The zero-order chi connectivity index (χ0) is 6.53.